The van der Waals surface area contributed by atoms with Gasteiger partial charge in [-0.3, -0.25) is 10.1 Å². The zero-order valence-electron chi connectivity index (χ0n) is 10.7. The van der Waals surface area contributed by atoms with Gasteiger partial charge < -0.3 is 4.74 Å². The SMILES string of the molecule is O=[N+]([O-])c1ccc(COc2ccc(F)cc2CCl)c(Br)c1. The van der Waals surface area contributed by atoms with E-state index < -0.39 is 4.92 Å². The molecule has 0 saturated carbocycles. The van der Waals surface area contributed by atoms with Crippen molar-refractivity contribution in [1.82, 2.24) is 0 Å². The molecule has 0 aliphatic carbocycles. The van der Waals surface area contributed by atoms with Crippen LogP contribution in [-0.2, 0) is 12.5 Å². The van der Waals surface area contributed by atoms with E-state index in [9.17, 15) is 14.5 Å². The topological polar surface area (TPSA) is 52.4 Å². The van der Waals surface area contributed by atoms with Gasteiger partial charge in [-0.15, -0.1) is 11.6 Å². The lowest BCUT2D eigenvalue weighted by molar-refractivity contribution is -0.384. The molecule has 0 fully saturated rings. The largest absolute Gasteiger partial charge is 0.489 e. The second-order valence-corrected chi connectivity index (χ2v) is 5.33. The van der Waals surface area contributed by atoms with Gasteiger partial charge >= 0.3 is 0 Å². The van der Waals surface area contributed by atoms with E-state index in [1.165, 1.54) is 30.3 Å². The Hall–Kier alpha value is -1.66. The molecule has 4 nitrogen and oxygen atoms in total. The summed E-state index contributed by atoms with van der Waals surface area (Å²) in [6, 6.07) is 8.52. The summed E-state index contributed by atoms with van der Waals surface area (Å²) in [7, 11) is 0. The van der Waals surface area contributed by atoms with Crippen LogP contribution in [0.1, 0.15) is 11.1 Å². The van der Waals surface area contributed by atoms with E-state index in [-0.39, 0.29) is 24.0 Å². The summed E-state index contributed by atoms with van der Waals surface area (Å²) in [6.07, 6.45) is 0. The summed E-state index contributed by atoms with van der Waals surface area (Å²) in [4.78, 5) is 10.2. The Morgan fingerprint density at radius 1 is 1.24 bits per heavy atom. The lowest BCUT2D eigenvalue weighted by Gasteiger charge is -2.11. The van der Waals surface area contributed by atoms with Crippen molar-refractivity contribution in [3.05, 3.63) is 67.9 Å². The summed E-state index contributed by atoms with van der Waals surface area (Å²) in [6.45, 7) is 0.189. The summed E-state index contributed by atoms with van der Waals surface area (Å²) in [5.41, 5.74) is 1.29. The van der Waals surface area contributed by atoms with Crippen molar-refractivity contribution < 1.29 is 14.1 Å². The molecule has 0 aliphatic rings. The van der Waals surface area contributed by atoms with Crippen LogP contribution in [0.15, 0.2) is 40.9 Å². The maximum atomic E-state index is 13.1. The van der Waals surface area contributed by atoms with Crippen molar-refractivity contribution in [3.63, 3.8) is 0 Å². The van der Waals surface area contributed by atoms with Crippen LogP contribution < -0.4 is 4.74 Å². The monoisotopic (exact) mass is 373 g/mol. The maximum Gasteiger partial charge on any atom is 0.270 e. The van der Waals surface area contributed by atoms with E-state index in [0.717, 1.165) is 5.56 Å². The van der Waals surface area contributed by atoms with E-state index >= 15 is 0 Å². The van der Waals surface area contributed by atoms with E-state index in [4.69, 9.17) is 16.3 Å². The number of nitrogens with zero attached hydrogens (tertiary/aromatic N) is 1. The highest BCUT2D eigenvalue weighted by Crippen LogP contribution is 2.26. The third-order valence-electron chi connectivity index (χ3n) is 2.80. The summed E-state index contributed by atoms with van der Waals surface area (Å²) >= 11 is 9.01. The van der Waals surface area contributed by atoms with Crippen LogP contribution in [0.2, 0.25) is 0 Å². The van der Waals surface area contributed by atoms with Crippen LogP contribution in [0.4, 0.5) is 10.1 Å². The molecule has 2 aromatic carbocycles. The quantitative estimate of drug-likeness (QED) is 0.428. The maximum absolute atomic E-state index is 13.1. The second kappa shape index (κ2) is 6.87. The zero-order valence-corrected chi connectivity index (χ0v) is 13.0. The molecule has 2 rings (SSSR count). The number of benzene rings is 2. The molecule has 110 valence electrons. The number of nitro benzene ring substituents is 1. The minimum absolute atomic E-state index is 0.00569. The molecule has 0 amide bonds. The van der Waals surface area contributed by atoms with E-state index in [1.807, 2.05) is 0 Å². The molecule has 0 aromatic heterocycles. The summed E-state index contributed by atoms with van der Waals surface area (Å²) < 4.78 is 19.3. The normalized spacial score (nSPS) is 10.4. The van der Waals surface area contributed by atoms with Crippen molar-refractivity contribution in [2.45, 2.75) is 12.5 Å². The number of nitro groups is 1. The highest BCUT2D eigenvalue weighted by Gasteiger charge is 2.10. The van der Waals surface area contributed by atoms with Crippen LogP contribution >= 0.6 is 27.5 Å². The van der Waals surface area contributed by atoms with Gasteiger partial charge in [0.2, 0.25) is 0 Å². The third kappa shape index (κ3) is 3.92. The van der Waals surface area contributed by atoms with Crippen LogP contribution in [0.5, 0.6) is 5.75 Å². The smallest absolute Gasteiger partial charge is 0.270 e. The molecule has 0 radical (unpaired) electrons. The molecule has 0 atom stereocenters. The Morgan fingerprint density at radius 2 is 2.00 bits per heavy atom. The highest BCUT2D eigenvalue weighted by atomic mass is 79.9. The van der Waals surface area contributed by atoms with Gasteiger partial charge in [-0.1, -0.05) is 15.9 Å². The van der Waals surface area contributed by atoms with Crippen molar-refractivity contribution in [1.29, 1.82) is 0 Å². The van der Waals surface area contributed by atoms with E-state index in [1.54, 1.807) is 6.07 Å². The zero-order chi connectivity index (χ0) is 15.4. The molecular formula is C14H10BrClFNO3. The predicted molar refractivity (Wildman–Crippen MR) is 81.1 cm³/mol. The average molecular weight is 375 g/mol. The fraction of sp³-hybridized carbons (Fsp3) is 0.143. The minimum Gasteiger partial charge on any atom is -0.489 e. The molecular weight excluding hydrogens is 365 g/mol. The van der Waals surface area contributed by atoms with Crippen molar-refractivity contribution in [3.8, 4) is 5.75 Å². The van der Waals surface area contributed by atoms with Gasteiger partial charge in [-0.05, 0) is 24.3 Å². The van der Waals surface area contributed by atoms with Crippen LogP contribution in [-0.4, -0.2) is 4.92 Å². The lowest BCUT2D eigenvalue weighted by atomic mass is 10.2. The second-order valence-electron chi connectivity index (χ2n) is 4.21. The molecule has 2 aromatic rings. The fourth-order valence-corrected chi connectivity index (χ4v) is 2.41. The number of non-ortho nitro benzene ring substituents is 1. The molecule has 0 unspecified atom stereocenters. The van der Waals surface area contributed by atoms with Gasteiger partial charge in [-0.2, -0.15) is 0 Å². The van der Waals surface area contributed by atoms with E-state index in [2.05, 4.69) is 15.9 Å². The van der Waals surface area contributed by atoms with Gasteiger partial charge in [-0.25, -0.2) is 4.39 Å². The number of alkyl halides is 1. The lowest BCUT2D eigenvalue weighted by Crippen LogP contribution is -2.00. The first kappa shape index (κ1) is 15.7. The van der Waals surface area contributed by atoms with E-state index in [0.29, 0.717) is 15.8 Å². The molecule has 0 heterocycles. The van der Waals surface area contributed by atoms with Crippen LogP contribution in [0, 0.1) is 15.9 Å². The van der Waals surface area contributed by atoms with Crippen molar-refractivity contribution in [2.75, 3.05) is 0 Å². The van der Waals surface area contributed by atoms with Gasteiger partial charge in [0.15, 0.2) is 0 Å². The Bertz CT molecular complexity index is 681. The molecule has 0 aliphatic heterocycles. The van der Waals surface area contributed by atoms with Gasteiger partial charge in [0, 0.05) is 27.7 Å². The molecule has 0 bridgehead atoms. The number of ether oxygens (including phenoxy) is 1. The number of hydrogen-bond donors (Lipinski definition) is 0. The Labute approximate surface area is 133 Å². The standard InChI is InChI=1S/C14H10BrClFNO3/c15-13-6-12(18(19)20)3-1-9(13)8-21-14-4-2-11(17)5-10(14)7-16/h1-6H,7-8H2. The van der Waals surface area contributed by atoms with Gasteiger partial charge in [0.1, 0.15) is 18.2 Å². The Morgan fingerprint density at radius 3 is 2.62 bits per heavy atom. The van der Waals surface area contributed by atoms with Gasteiger partial charge in [0.05, 0.1) is 10.8 Å². The first-order chi connectivity index (χ1) is 10.0. The third-order valence-corrected chi connectivity index (χ3v) is 3.82. The van der Waals surface area contributed by atoms with Crippen LogP contribution in [0.25, 0.3) is 0 Å². The Kier molecular flexibility index (Phi) is 5.14. The highest BCUT2D eigenvalue weighted by molar-refractivity contribution is 9.10. The first-order valence-corrected chi connectivity index (χ1v) is 7.24. The number of hydrogen-bond acceptors (Lipinski definition) is 3. The summed E-state index contributed by atoms with van der Waals surface area (Å²) in [5, 5.41) is 10.7. The van der Waals surface area contributed by atoms with Crippen molar-refractivity contribution >= 4 is 33.2 Å². The predicted octanol–water partition coefficient (Wildman–Crippen LogP) is 4.81. The molecule has 21 heavy (non-hydrogen) atoms. The Balaban J connectivity index is 2.15. The number of halogens is 3. The van der Waals surface area contributed by atoms with Crippen LogP contribution in [0.3, 0.4) is 0 Å². The average Bonchev–Trinajstić information content (AvgIpc) is 2.46. The molecule has 0 spiro atoms. The fourth-order valence-electron chi connectivity index (χ4n) is 1.72. The first-order valence-electron chi connectivity index (χ1n) is 5.91. The summed E-state index contributed by atoms with van der Waals surface area (Å²) in [5.74, 6) is 0.236. The number of rotatable bonds is 5. The minimum atomic E-state index is -0.471. The van der Waals surface area contributed by atoms with Crippen molar-refractivity contribution in [2.24, 2.45) is 0 Å². The van der Waals surface area contributed by atoms with Gasteiger partial charge in [0.25, 0.3) is 5.69 Å². The molecule has 7 heteroatoms. The molecule has 0 saturated heterocycles. The molecule has 0 N–H and O–H groups in total.